The van der Waals surface area contributed by atoms with Crippen molar-refractivity contribution in [2.24, 2.45) is 5.92 Å². The van der Waals surface area contributed by atoms with Gasteiger partial charge in [0.15, 0.2) is 0 Å². The van der Waals surface area contributed by atoms with Gasteiger partial charge in [0, 0.05) is 16.0 Å². The monoisotopic (exact) mass is 384 g/mol. The molecule has 26 heavy (non-hydrogen) atoms. The lowest BCUT2D eigenvalue weighted by Gasteiger charge is -2.18. The minimum atomic E-state index is -0.305. The molecule has 2 aromatic heterocycles. The summed E-state index contributed by atoms with van der Waals surface area (Å²) in [7, 11) is 1.40. The van der Waals surface area contributed by atoms with Crippen LogP contribution in [0.5, 0.6) is 0 Å². The molecule has 0 fully saturated rings. The smallest absolute Gasteiger partial charge is 0.337 e. The molecule has 0 saturated carbocycles. The predicted molar refractivity (Wildman–Crippen MR) is 106 cm³/mol. The van der Waals surface area contributed by atoms with Crippen LogP contribution in [0.15, 0.2) is 35.6 Å². The van der Waals surface area contributed by atoms with Crippen molar-refractivity contribution in [2.75, 3.05) is 7.11 Å². The van der Waals surface area contributed by atoms with Gasteiger partial charge in [-0.25, -0.2) is 14.8 Å². The largest absolute Gasteiger partial charge is 0.465 e. The summed E-state index contributed by atoms with van der Waals surface area (Å²) >= 11 is 3.57. The number of benzene rings is 1. The predicted octanol–water partition coefficient (Wildman–Crippen LogP) is 4.90. The van der Waals surface area contributed by atoms with Crippen molar-refractivity contribution in [3.8, 4) is 0 Å². The Hall–Kier alpha value is -1.92. The molecule has 0 saturated heterocycles. The zero-order valence-electron chi connectivity index (χ0n) is 14.8. The first-order chi connectivity index (χ1) is 12.7. The summed E-state index contributed by atoms with van der Waals surface area (Å²) in [5.41, 5.74) is 3.20. The fourth-order valence-corrected chi connectivity index (χ4v) is 5.76. The number of carbonyl (C=O) groups excluding carboxylic acids is 1. The van der Waals surface area contributed by atoms with E-state index in [9.17, 15) is 4.79 Å². The molecular formula is C20H20N2O2S2. The van der Waals surface area contributed by atoms with Crippen LogP contribution in [0.4, 0.5) is 0 Å². The Labute approximate surface area is 161 Å². The van der Waals surface area contributed by atoms with Gasteiger partial charge < -0.3 is 4.74 Å². The fourth-order valence-electron chi connectivity index (χ4n) is 3.36. The van der Waals surface area contributed by atoms with E-state index in [1.807, 2.05) is 35.6 Å². The molecule has 4 rings (SSSR count). The Bertz CT molecular complexity index is 950. The van der Waals surface area contributed by atoms with E-state index in [2.05, 4.69) is 16.9 Å². The van der Waals surface area contributed by atoms with Crippen LogP contribution in [0.1, 0.15) is 39.7 Å². The molecule has 4 nitrogen and oxygen atoms in total. The second kappa shape index (κ2) is 7.37. The topological polar surface area (TPSA) is 52.1 Å². The van der Waals surface area contributed by atoms with Crippen molar-refractivity contribution in [1.29, 1.82) is 0 Å². The van der Waals surface area contributed by atoms with Crippen molar-refractivity contribution in [3.63, 3.8) is 0 Å². The van der Waals surface area contributed by atoms with Crippen LogP contribution < -0.4 is 0 Å². The quantitative estimate of drug-likeness (QED) is 0.364. The normalized spacial score (nSPS) is 16.5. The van der Waals surface area contributed by atoms with E-state index in [0.717, 1.165) is 39.9 Å². The van der Waals surface area contributed by atoms with Gasteiger partial charge in [-0.1, -0.05) is 19.1 Å². The van der Waals surface area contributed by atoms with Crippen LogP contribution in [-0.4, -0.2) is 23.0 Å². The lowest BCUT2D eigenvalue weighted by molar-refractivity contribution is 0.0600. The molecule has 0 aliphatic heterocycles. The Morgan fingerprint density at radius 3 is 2.88 bits per heavy atom. The Morgan fingerprint density at radius 2 is 2.12 bits per heavy atom. The summed E-state index contributed by atoms with van der Waals surface area (Å²) < 4.78 is 4.75. The van der Waals surface area contributed by atoms with Crippen LogP contribution in [0.3, 0.4) is 0 Å². The van der Waals surface area contributed by atoms with Crippen LogP contribution in [0.25, 0.3) is 10.2 Å². The van der Waals surface area contributed by atoms with E-state index in [4.69, 9.17) is 4.74 Å². The third-order valence-corrected chi connectivity index (χ3v) is 7.03. The van der Waals surface area contributed by atoms with Crippen molar-refractivity contribution in [3.05, 3.63) is 52.2 Å². The van der Waals surface area contributed by atoms with E-state index >= 15 is 0 Å². The summed E-state index contributed by atoms with van der Waals surface area (Å²) in [4.78, 5) is 23.2. The van der Waals surface area contributed by atoms with Gasteiger partial charge in [-0.05, 0) is 48.4 Å². The number of aromatic nitrogens is 2. The molecule has 6 heteroatoms. The maximum Gasteiger partial charge on any atom is 0.337 e. The van der Waals surface area contributed by atoms with Gasteiger partial charge in [0.05, 0.1) is 12.7 Å². The summed E-state index contributed by atoms with van der Waals surface area (Å²) in [6, 6.07) is 7.57. The first-order valence-electron chi connectivity index (χ1n) is 8.71. The Balaban J connectivity index is 1.57. The molecular weight excluding hydrogens is 364 g/mol. The molecule has 2 heterocycles. The standard InChI is InChI=1S/C20H20N2O2S2/c1-12-3-8-15-16(9-12)26-19-17(15)18(21-11-22-19)25-10-13-4-6-14(7-5-13)20(23)24-2/h4-7,11-12H,3,8-10H2,1-2H3. The third kappa shape index (κ3) is 3.35. The van der Waals surface area contributed by atoms with E-state index < -0.39 is 0 Å². The zero-order chi connectivity index (χ0) is 18.1. The number of thioether (sulfide) groups is 1. The van der Waals surface area contributed by atoms with E-state index in [-0.39, 0.29) is 5.97 Å². The lowest BCUT2D eigenvalue weighted by Crippen LogP contribution is -2.08. The SMILES string of the molecule is COC(=O)c1ccc(CSc2ncnc3sc4c(c23)CCC(C)C4)cc1. The highest BCUT2D eigenvalue weighted by molar-refractivity contribution is 7.98. The average molecular weight is 385 g/mol. The molecule has 1 aliphatic carbocycles. The minimum Gasteiger partial charge on any atom is -0.465 e. The van der Waals surface area contributed by atoms with Crippen LogP contribution in [0.2, 0.25) is 0 Å². The Kier molecular flexibility index (Phi) is 4.96. The highest BCUT2D eigenvalue weighted by Gasteiger charge is 2.23. The second-order valence-corrected chi connectivity index (χ2v) is 8.74. The van der Waals surface area contributed by atoms with Crippen molar-refractivity contribution < 1.29 is 9.53 Å². The molecule has 3 aromatic rings. The average Bonchev–Trinajstić information content (AvgIpc) is 3.04. The number of methoxy groups -OCH3 is 1. The molecule has 1 aromatic carbocycles. The second-order valence-electron chi connectivity index (χ2n) is 6.69. The van der Waals surface area contributed by atoms with Gasteiger partial charge in [-0.3, -0.25) is 0 Å². The van der Waals surface area contributed by atoms with Crippen LogP contribution in [-0.2, 0) is 23.3 Å². The molecule has 1 atom stereocenters. The van der Waals surface area contributed by atoms with Crippen molar-refractivity contribution in [1.82, 2.24) is 9.97 Å². The van der Waals surface area contributed by atoms with Gasteiger partial charge in [0.1, 0.15) is 16.2 Å². The number of fused-ring (bicyclic) bond motifs is 3. The summed E-state index contributed by atoms with van der Waals surface area (Å²) in [5, 5.41) is 2.33. The molecule has 0 N–H and O–H groups in total. The maximum atomic E-state index is 11.5. The molecule has 134 valence electrons. The van der Waals surface area contributed by atoms with Crippen molar-refractivity contribution in [2.45, 2.75) is 37.0 Å². The fraction of sp³-hybridized carbons (Fsp3) is 0.350. The summed E-state index contributed by atoms with van der Waals surface area (Å²) in [6.45, 7) is 2.33. The van der Waals surface area contributed by atoms with Gasteiger partial charge in [-0.2, -0.15) is 0 Å². The van der Waals surface area contributed by atoms with E-state index in [0.29, 0.717) is 5.56 Å². The number of rotatable bonds is 4. The number of hydrogen-bond donors (Lipinski definition) is 0. The maximum absolute atomic E-state index is 11.5. The van der Waals surface area contributed by atoms with Gasteiger partial charge in [0.25, 0.3) is 0 Å². The zero-order valence-corrected chi connectivity index (χ0v) is 16.5. The molecule has 0 amide bonds. The first kappa shape index (κ1) is 17.5. The summed E-state index contributed by atoms with van der Waals surface area (Å²) in [5.74, 6) is 1.27. The minimum absolute atomic E-state index is 0.305. The number of aryl methyl sites for hydroxylation is 1. The number of nitrogens with zero attached hydrogens (tertiary/aromatic N) is 2. The molecule has 1 aliphatic rings. The summed E-state index contributed by atoms with van der Waals surface area (Å²) in [6.07, 6.45) is 5.21. The molecule has 1 unspecified atom stereocenters. The first-order valence-corrected chi connectivity index (χ1v) is 10.5. The van der Waals surface area contributed by atoms with Crippen LogP contribution >= 0.6 is 23.1 Å². The number of hydrogen-bond acceptors (Lipinski definition) is 6. The molecule has 0 radical (unpaired) electrons. The number of carbonyl (C=O) groups is 1. The van der Waals surface area contributed by atoms with Crippen molar-refractivity contribution >= 4 is 39.3 Å². The molecule has 0 spiro atoms. The van der Waals surface area contributed by atoms with Gasteiger partial charge in [-0.15, -0.1) is 23.1 Å². The van der Waals surface area contributed by atoms with E-state index in [1.165, 1.54) is 29.4 Å². The third-order valence-electron chi connectivity index (χ3n) is 4.81. The van der Waals surface area contributed by atoms with Gasteiger partial charge >= 0.3 is 5.97 Å². The number of thiophene rings is 1. The lowest BCUT2D eigenvalue weighted by atomic mass is 9.89. The van der Waals surface area contributed by atoms with E-state index in [1.54, 1.807) is 18.1 Å². The highest BCUT2D eigenvalue weighted by atomic mass is 32.2. The highest BCUT2D eigenvalue weighted by Crippen LogP contribution is 2.41. The van der Waals surface area contributed by atoms with Gasteiger partial charge in [0.2, 0.25) is 0 Å². The van der Waals surface area contributed by atoms with Crippen LogP contribution in [0, 0.1) is 5.92 Å². The molecule has 0 bridgehead atoms. The Morgan fingerprint density at radius 1 is 1.31 bits per heavy atom. The number of ether oxygens (including phenoxy) is 1. The number of esters is 1.